The Morgan fingerprint density at radius 3 is 2.95 bits per heavy atom. The van der Waals surface area contributed by atoms with E-state index in [0.717, 1.165) is 29.4 Å². The lowest BCUT2D eigenvalue weighted by Gasteiger charge is -2.14. The average molecular weight is 349 g/mol. The third-order valence-corrected chi connectivity index (χ3v) is 4.44. The van der Waals surface area contributed by atoms with Gasteiger partial charge in [0.25, 0.3) is 5.91 Å². The van der Waals surface area contributed by atoms with E-state index in [0.29, 0.717) is 11.5 Å². The van der Waals surface area contributed by atoms with Crippen molar-refractivity contribution in [1.82, 2.24) is 10.5 Å². The number of hydrogen-bond donors (Lipinski definition) is 1. The first-order valence-electron chi connectivity index (χ1n) is 7.13. The summed E-state index contributed by atoms with van der Waals surface area (Å²) in [6.07, 6.45) is 4.42. The second kappa shape index (κ2) is 6.02. The molecule has 1 heterocycles. The van der Waals surface area contributed by atoms with Crippen molar-refractivity contribution < 1.29 is 9.32 Å². The van der Waals surface area contributed by atoms with Crippen molar-refractivity contribution in [2.24, 2.45) is 0 Å². The number of carbonyl (C=O) groups excluding carboxylic acids is 1. The third kappa shape index (κ3) is 3.35. The summed E-state index contributed by atoms with van der Waals surface area (Å²) in [6, 6.07) is 8.09. The first-order chi connectivity index (χ1) is 10.1. The van der Waals surface area contributed by atoms with Crippen LogP contribution in [0.15, 0.2) is 39.5 Å². The molecule has 2 aromatic rings. The molecule has 1 atom stereocenters. The van der Waals surface area contributed by atoms with Gasteiger partial charge in [-0.1, -0.05) is 39.3 Å². The highest BCUT2D eigenvalue weighted by Crippen LogP contribution is 2.40. The fraction of sp³-hybridized carbons (Fsp3) is 0.375. The van der Waals surface area contributed by atoms with Crippen molar-refractivity contribution >= 4 is 21.8 Å². The van der Waals surface area contributed by atoms with Crippen LogP contribution >= 0.6 is 15.9 Å². The van der Waals surface area contributed by atoms with Crippen LogP contribution in [0.2, 0.25) is 0 Å². The summed E-state index contributed by atoms with van der Waals surface area (Å²) >= 11 is 3.53. The molecule has 1 N–H and O–H groups in total. The lowest BCUT2D eigenvalue weighted by Crippen LogP contribution is -2.34. The molecule has 1 aliphatic carbocycles. The Morgan fingerprint density at radius 1 is 1.48 bits per heavy atom. The minimum atomic E-state index is -0.0993. The molecule has 1 fully saturated rings. The summed E-state index contributed by atoms with van der Waals surface area (Å²) in [4.78, 5) is 12.3. The van der Waals surface area contributed by atoms with Crippen LogP contribution in [0, 0.1) is 0 Å². The lowest BCUT2D eigenvalue weighted by molar-refractivity contribution is 0.0938. The first kappa shape index (κ1) is 14.3. The third-order valence-electron chi connectivity index (χ3n) is 3.67. The maximum absolute atomic E-state index is 12.3. The summed E-state index contributed by atoms with van der Waals surface area (Å²) in [5.74, 6) is 0.306. The molecule has 1 amide bonds. The van der Waals surface area contributed by atoms with Crippen molar-refractivity contribution in [3.05, 3.63) is 51.8 Å². The second-order valence-electron chi connectivity index (χ2n) is 5.56. The second-order valence-corrected chi connectivity index (χ2v) is 6.41. The van der Waals surface area contributed by atoms with Crippen LogP contribution in [0.4, 0.5) is 0 Å². The SMILES string of the molecule is CC(Cc1ccccc1Br)NC(=O)c1conc1C1CC1. The van der Waals surface area contributed by atoms with Crippen LogP contribution in [0.3, 0.4) is 0 Å². The Hall–Kier alpha value is -1.62. The van der Waals surface area contributed by atoms with Gasteiger partial charge in [-0.2, -0.15) is 0 Å². The number of amides is 1. The Morgan fingerprint density at radius 2 is 2.24 bits per heavy atom. The summed E-state index contributed by atoms with van der Waals surface area (Å²) < 4.78 is 6.03. The van der Waals surface area contributed by atoms with Gasteiger partial charge in [-0.3, -0.25) is 4.79 Å². The average Bonchev–Trinajstić information content (AvgIpc) is 3.18. The van der Waals surface area contributed by atoms with E-state index >= 15 is 0 Å². The predicted octanol–water partition coefficient (Wildman–Crippen LogP) is 3.68. The monoisotopic (exact) mass is 348 g/mol. The molecule has 110 valence electrons. The van der Waals surface area contributed by atoms with E-state index in [1.54, 1.807) is 0 Å². The van der Waals surface area contributed by atoms with Crippen molar-refractivity contribution in [3.8, 4) is 0 Å². The zero-order valence-corrected chi connectivity index (χ0v) is 13.4. The largest absolute Gasteiger partial charge is 0.364 e. The molecule has 1 aliphatic rings. The number of halogens is 1. The first-order valence-corrected chi connectivity index (χ1v) is 7.93. The summed E-state index contributed by atoms with van der Waals surface area (Å²) in [5.41, 5.74) is 2.56. The van der Waals surface area contributed by atoms with Gasteiger partial charge < -0.3 is 9.84 Å². The van der Waals surface area contributed by atoms with E-state index in [2.05, 4.69) is 32.5 Å². The van der Waals surface area contributed by atoms with E-state index < -0.39 is 0 Å². The Bertz CT molecular complexity index is 649. The number of aromatic nitrogens is 1. The standard InChI is InChI=1S/C16H17BrN2O2/c1-10(8-12-4-2-3-5-14(12)17)18-16(20)13-9-21-19-15(13)11-6-7-11/h2-5,9-11H,6-8H2,1H3,(H,18,20). The highest BCUT2D eigenvalue weighted by atomic mass is 79.9. The molecule has 4 nitrogen and oxygen atoms in total. The fourth-order valence-electron chi connectivity index (χ4n) is 2.41. The minimum Gasteiger partial charge on any atom is -0.364 e. The smallest absolute Gasteiger partial charge is 0.256 e. The highest BCUT2D eigenvalue weighted by molar-refractivity contribution is 9.10. The molecule has 1 saturated carbocycles. The van der Waals surface area contributed by atoms with Crippen LogP contribution in [-0.2, 0) is 6.42 Å². The number of carbonyl (C=O) groups is 1. The van der Waals surface area contributed by atoms with Crippen molar-refractivity contribution in [2.75, 3.05) is 0 Å². The zero-order chi connectivity index (χ0) is 14.8. The van der Waals surface area contributed by atoms with Crippen LogP contribution in [0.1, 0.15) is 47.3 Å². The molecule has 5 heteroatoms. The van der Waals surface area contributed by atoms with Crippen molar-refractivity contribution in [1.29, 1.82) is 0 Å². The Balaban J connectivity index is 1.64. The molecule has 3 rings (SSSR count). The molecule has 0 spiro atoms. The van der Waals surface area contributed by atoms with Crippen LogP contribution in [0.5, 0.6) is 0 Å². The Kier molecular flexibility index (Phi) is 4.10. The molecule has 0 bridgehead atoms. The number of nitrogens with one attached hydrogen (secondary N) is 1. The number of rotatable bonds is 5. The maximum Gasteiger partial charge on any atom is 0.256 e. The van der Waals surface area contributed by atoms with E-state index in [1.165, 1.54) is 11.8 Å². The van der Waals surface area contributed by atoms with Gasteiger partial charge in [0.2, 0.25) is 0 Å². The van der Waals surface area contributed by atoms with Crippen molar-refractivity contribution in [2.45, 2.75) is 38.1 Å². The molecule has 1 unspecified atom stereocenters. The van der Waals surface area contributed by atoms with Crippen LogP contribution < -0.4 is 5.32 Å². The van der Waals surface area contributed by atoms with Gasteiger partial charge in [-0.25, -0.2) is 0 Å². The lowest BCUT2D eigenvalue weighted by atomic mass is 10.1. The maximum atomic E-state index is 12.3. The van der Waals surface area contributed by atoms with Gasteiger partial charge in [0.05, 0.1) is 5.69 Å². The van der Waals surface area contributed by atoms with Gasteiger partial charge in [0, 0.05) is 16.4 Å². The molecule has 0 radical (unpaired) electrons. The summed E-state index contributed by atoms with van der Waals surface area (Å²) in [7, 11) is 0. The molecule has 0 aliphatic heterocycles. The zero-order valence-electron chi connectivity index (χ0n) is 11.8. The Labute approximate surface area is 132 Å². The summed E-state index contributed by atoms with van der Waals surface area (Å²) in [5, 5.41) is 6.98. The molecule has 0 saturated heterocycles. The van der Waals surface area contributed by atoms with E-state index in [1.807, 2.05) is 25.1 Å². The van der Waals surface area contributed by atoms with Crippen LogP contribution in [-0.4, -0.2) is 17.1 Å². The molecular weight excluding hydrogens is 332 g/mol. The fourth-order valence-corrected chi connectivity index (χ4v) is 2.86. The van der Waals surface area contributed by atoms with Gasteiger partial charge >= 0.3 is 0 Å². The van der Waals surface area contributed by atoms with E-state index in [-0.39, 0.29) is 11.9 Å². The molecule has 21 heavy (non-hydrogen) atoms. The quantitative estimate of drug-likeness (QED) is 0.896. The van der Waals surface area contributed by atoms with Crippen molar-refractivity contribution in [3.63, 3.8) is 0 Å². The van der Waals surface area contributed by atoms with Gasteiger partial charge in [-0.15, -0.1) is 0 Å². The van der Waals surface area contributed by atoms with E-state index in [4.69, 9.17) is 4.52 Å². The van der Waals surface area contributed by atoms with Gasteiger partial charge in [-0.05, 0) is 37.8 Å². The van der Waals surface area contributed by atoms with Crippen LogP contribution in [0.25, 0.3) is 0 Å². The minimum absolute atomic E-state index is 0.0400. The molecule has 1 aromatic heterocycles. The highest BCUT2D eigenvalue weighted by Gasteiger charge is 2.31. The van der Waals surface area contributed by atoms with E-state index in [9.17, 15) is 4.79 Å². The normalized spacial score (nSPS) is 15.7. The number of hydrogen-bond acceptors (Lipinski definition) is 3. The topological polar surface area (TPSA) is 55.1 Å². The van der Waals surface area contributed by atoms with Gasteiger partial charge in [0.15, 0.2) is 0 Å². The van der Waals surface area contributed by atoms with Gasteiger partial charge in [0.1, 0.15) is 11.8 Å². The number of benzene rings is 1. The molecule has 1 aromatic carbocycles. The number of nitrogens with zero attached hydrogens (tertiary/aromatic N) is 1. The molecular formula is C16H17BrN2O2. The summed E-state index contributed by atoms with van der Waals surface area (Å²) in [6.45, 7) is 2.00. The predicted molar refractivity (Wildman–Crippen MR) is 83.3 cm³/mol.